The Labute approximate surface area is 73.7 Å². The Morgan fingerprint density at radius 3 is 2.75 bits per heavy atom. The molecule has 1 atom stereocenters. The van der Waals surface area contributed by atoms with Gasteiger partial charge in [0.15, 0.2) is 0 Å². The summed E-state index contributed by atoms with van der Waals surface area (Å²) in [5.41, 5.74) is 0. The Hall–Kier alpha value is -0.460. The molecule has 12 heavy (non-hydrogen) atoms. The van der Waals surface area contributed by atoms with Gasteiger partial charge in [0.25, 0.3) is 0 Å². The van der Waals surface area contributed by atoms with Crippen molar-refractivity contribution < 1.29 is 18.8 Å². The lowest BCUT2D eigenvalue weighted by Crippen LogP contribution is -2.21. The van der Waals surface area contributed by atoms with Gasteiger partial charge in [-0.2, -0.15) is 0 Å². The molecule has 0 saturated heterocycles. The van der Waals surface area contributed by atoms with E-state index in [0.29, 0.717) is 13.2 Å². The highest BCUT2D eigenvalue weighted by molar-refractivity contribution is 7.82. The van der Waals surface area contributed by atoms with Gasteiger partial charge < -0.3 is 9.84 Å². The average Bonchev–Trinajstić information content (AvgIpc) is 1.95. The second kappa shape index (κ2) is 7.20. The monoisotopic (exact) mass is 195 g/mol. The zero-order valence-corrected chi connectivity index (χ0v) is 7.73. The van der Waals surface area contributed by atoms with Crippen LogP contribution in [-0.4, -0.2) is 41.3 Å². The predicted molar refractivity (Wildman–Crippen MR) is 45.1 cm³/mol. The van der Waals surface area contributed by atoms with Gasteiger partial charge >= 0.3 is 5.97 Å². The predicted octanol–water partition coefficient (Wildman–Crippen LogP) is -0.639. The zero-order valence-electron chi connectivity index (χ0n) is 6.91. The van der Waals surface area contributed by atoms with Crippen molar-refractivity contribution in [1.29, 1.82) is 0 Å². The minimum Gasteiger partial charge on any atom is -0.481 e. The van der Waals surface area contributed by atoms with Crippen LogP contribution >= 0.6 is 0 Å². The van der Waals surface area contributed by atoms with Crippen molar-refractivity contribution >= 4 is 17.0 Å². The molecule has 0 aliphatic heterocycles. The molecular formula is C6H13NO4S. The van der Waals surface area contributed by atoms with Gasteiger partial charge in [-0.05, 0) is 0 Å². The molecule has 0 radical (unpaired) electrons. The number of rotatable bonds is 7. The molecule has 0 aliphatic carbocycles. The van der Waals surface area contributed by atoms with Gasteiger partial charge in [0, 0.05) is 12.8 Å². The van der Waals surface area contributed by atoms with Crippen molar-refractivity contribution in [2.45, 2.75) is 6.42 Å². The van der Waals surface area contributed by atoms with Crippen LogP contribution in [0.15, 0.2) is 0 Å². The minimum absolute atomic E-state index is 0.00914. The van der Waals surface area contributed by atoms with E-state index in [1.54, 1.807) is 0 Å². The lowest BCUT2D eigenvalue weighted by molar-refractivity contribution is -0.138. The molecule has 0 aromatic rings. The van der Waals surface area contributed by atoms with Crippen LogP contribution in [0, 0.1) is 0 Å². The molecule has 1 unspecified atom stereocenters. The van der Waals surface area contributed by atoms with Crippen molar-refractivity contribution in [2.75, 3.05) is 26.0 Å². The van der Waals surface area contributed by atoms with E-state index in [1.165, 1.54) is 6.26 Å². The van der Waals surface area contributed by atoms with Crippen molar-refractivity contribution in [3.05, 3.63) is 0 Å². The summed E-state index contributed by atoms with van der Waals surface area (Å²) in [5.74, 6) is -0.873. The first kappa shape index (κ1) is 11.5. The van der Waals surface area contributed by atoms with Crippen LogP contribution in [0.25, 0.3) is 0 Å². The molecule has 0 aromatic heterocycles. The summed E-state index contributed by atoms with van der Waals surface area (Å²) in [4.78, 5) is 10.00. The highest BCUT2D eigenvalue weighted by Crippen LogP contribution is 1.81. The number of hydrogen-bond donors (Lipinski definition) is 2. The first-order chi connectivity index (χ1) is 5.63. The zero-order chi connectivity index (χ0) is 9.40. The number of carbonyl (C=O) groups is 1. The van der Waals surface area contributed by atoms with E-state index in [9.17, 15) is 9.00 Å². The van der Waals surface area contributed by atoms with Gasteiger partial charge in [0.1, 0.15) is 0 Å². The van der Waals surface area contributed by atoms with Crippen molar-refractivity contribution in [2.24, 2.45) is 0 Å². The fraction of sp³-hybridized carbons (Fsp3) is 0.833. The third kappa shape index (κ3) is 9.54. The van der Waals surface area contributed by atoms with Gasteiger partial charge in [-0.1, -0.05) is 0 Å². The Morgan fingerprint density at radius 2 is 2.25 bits per heavy atom. The van der Waals surface area contributed by atoms with E-state index in [1.807, 2.05) is 0 Å². The standard InChI is InChI=1S/C6H13NO4S/c1-12(10)7-3-5-11-4-2-6(8)9/h7H,2-5H2,1H3,(H,8,9). The maximum Gasteiger partial charge on any atom is 0.305 e. The van der Waals surface area contributed by atoms with Crippen LogP contribution in [0.4, 0.5) is 0 Å². The van der Waals surface area contributed by atoms with Crippen LogP contribution in [0.2, 0.25) is 0 Å². The van der Waals surface area contributed by atoms with Gasteiger partial charge in [0.2, 0.25) is 0 Å². The molecule has 2 N–H and O–H groups in total. The molecule has 0 aliphatic rings. The highest BCUT2D eigenvalue weighted by atomic mass is 32.2. The maximum absolute atomic E-state index is 10.4. The molecule has 0 aromatic carbocycles. The normalized spacial score (nSPS) is 12.8. The number of hydrogen-bond acceptors (Lipinski definition) is 3. The highest BCUT2D eigenvalue weighted by Gasteiger charge is 1.95. The Morgan fingerprint density at radius 1 is 1.58 bits per heavy atom. The fourth-order valence-electron chi connectivity index (χ4n) is 0.519. The molecule has 72 valence electrons. The molecule has 5 nitrogen and oxygen atoms in total. The van der Waals surface area contributed by atoms with Crippen LogP contribution in [-0.2, 0) is 20.5 Å². The minimum atomic E-state index is -1.03. The number of carboxylic acid groups (broad SMARTS) is 1. The van der Waals surface area contributed by atoms with Crippen molar-refractivity contribution in [3.8, 4) is 0 Å². The molecule has 6 heteroatoms. The lowest BCUT2D eigenvalue weighted by Gasteiger charge is -2.01. The number of aliphatic carboxylic acids is 1. The SMILES string of the molecule is CS(=O)NCCOCCC(=O)O. The van der Waals surface area contributed by atoms with E-state index in [-0.39, 0.29) is 13.0 Å². The summed E-state index contributed by atoms with van der Waals surface area (Å²) < 4.78 is 18.0. The molecule has 0 spiro atoms. The largest absolute Gasteiger partial charge is 0.481 e. The summed E-state index contributed by atoms with van der Waals surface area (Å²) in [7, 11) is -1.03. The van der Waals surface area contributed by atoms with Gasteiger partial charge in [0.05, 0.1) is 30.6 Å². The van der Waals surface area contributed by atoms with E-state index in [4.69, 9.17) is 9.84 Å². The number of ether oxygens (including phenoxy) is 1. The first-order valence-electron chi connectivity index (χ1n) is 3.49. The quantitative estimate of drug-likeness (QED) is 0.530. The fourth-order valence-corrected chi connectivity index (χ4v) is 0.890. The maximum atomic E-state index is 10.4. The molecular weight excluding hydrogens is 182 g/mol. The van der Waals surface area contributed by atoms with Crippen LogP contribution in [0.3, 0.4) is 0 Å². The summed E-state index contributed by atoms with van der Waals surface area (Å²) in [5, 5.41) is 8.21. The smallest absolute Gasteiger partial charge is 0.305 e. The summed E-state index contributed by atoms with van der Waals surface area (Å²) in [6.07, 6.45) is 1.53. The third-order valence-corrected chi connectivity index (χ3v) is 1.62. The number of carboxylic acids is 1. The van der Waals surface area contributed by atoms with Gasteiger partial charge in [-0.25, -0.2) is 8.93 Å². The number of nitrogens with one attached hydrogen (secondary N) is 1. The summed E-state index contributed by atoms with van der Waals surface area (Å²) >= 11 is 0. The van der Waals surface area contributed by atoms with Crippen LogP contribution in [0.5, 0.6) is 0 Å². The molecule has 0 saturated carbocycles. The van der Waals surface area contributed by atoms with Crippen molar-refractivity contribution in [3.63, 3.8) is 0 Å². The first-order valence-corrected chi connectivity index (χ1v) is 5.05. The molecule has 0 heterocycles. The van der Waals surface area contributed by atoms with Gasteiger partial charge in [-0.3, -0.25) is 4.79 Å². The van der Waals surface area contributed by atoms with E-state index in [2.05, 4.69) is 4.72 Å². The van der Waals surface area contributed by atoms with E-state index >= 15 is 0 Å². The summed E-state index contributed by atoms with van der Waals surface area (Å²) in [6, 6.07) is 0. The molecule has 0 bridgehead atoms. The Balaban J connectivity index is 3.01. The molecule has 0 rings (SSSR count). The topological polar surface area (TPSA) is 75.6 Å². The molecule has 0 amide bonds. The Bertz CT molecular complexity index is 144. The lowest BCUT2D eigenvalue weighted by atomic mass is 10.5. The average molecular weight is 195 g/mol. The third-order valence-electron chi connectivity index (χ3n) is 1.01. The Kier molecular flexibility index (Phi) is 6.93. The molecule has 0 fully saturated rings. The van der Waals surface area contributed by atoms with E-state index < -0.39 is 17.0 Å². The van der Waals surface area contributed by atoms with Crippen LogP contribution < -0.4 is 4.72 Å². The summed E-state index contributed by atoms with van der Waals surface area (Å²) in [6.45, 7) is 1.06. The second-order valence-corrected chi connectivity index (χ2v) is 3.30. The second-order valence-electron chi connectivity index (χ2n) is 2.10. The van der Waals surface area contributed by atoms with Crippen molar-refractivity contribution in [1.82, 2.24) is 4.72 Å². The van der Waals surface area contributed by atoms with Crippen LogP contribution in [0.1, 0.15) is 6.42 Å². The van der Waals surface area contributed by atoms with Gasteiger partial charge in [-0.15, -0.1) is 0 Å². The van der Waals surface area contributed by atoms with E-state index in [0.717, 1.165) is 0 Å².